The molecule has 0 fully saturated rings. The van der Waals surface area contributed by atoms with E-state index in [9.17, 15) is 8.78 Å². The second-order valence-corrected chi connectivity index (χ2v) is 4.18. The molecule has 0 radical (unpaired) electrons. The molecule has 84 valence electrons. The van der Waals surface area contributed by atoms with Crippen LogP contribution >= 0.6 is 11.8 Å². The van der Waals surface area contributed by atoms with Crippen molar-refractivity contribution < 1.29 is 8.78 Å². The monoisotopic (exact) mass is 241 g/mol. The standard InChI is InChI=1S/C10H9F2N3S/c1-15-5-4-14-10(15)16-9-7(13)3-2-6(11)8(9)12/h2-5H,13H2,1H3. The smallest absolute Gasteiger partial charge is 0.174 e. The number of nitrogens with two attached hydrogens (primary N) is 1. The van der Waals surface area contributed by atoms with Crippen molar-refractivity contribution in [3.63, 3.8) is 0 Å². The molecule has 0 aliphatic rings. The Bertz CT molecular complexity index is 525. The van der Waals surface area contributed by atoms with Gasteiger partial charge in [-0.15, -0.1) is 0 Å². The number of hydrogen-bond acceptors (Lipinski definition) is 3. The summed E-state index contributed by atoms with van der Waals surface area (Å²) in [6, 6.07) is 2.34. The molecule has 0 atom stereocenters. The van der Waals surface area contributed by atoms with Crippen LogP contribution < -0.4 is 5.73 Å². The lowest BCUT2D eigenvalue weighted by Gasteiger charge is -2.06. The molecule has 0 bridgehead atoms. The van der Waals surface area contributed by atoms with Crippen molar-refractivity contribution in [3.8, 4) is 0 Å². The van der Waals surface area contributed by atoms with E-state index in [2.05, 4.69) is 4.98 Å². The lowest BCUT2D eigenvalue weighted by Crippen LogP contribution is -1.97. The predicted molar refractivity (Wildman–Crippen MR) is 58.1 cm³/mol. The molecule has 1 aromatic heterocycles. The molecule has 0 spiro atoms. The van der Waals surface area contributed by atoms with Gasteiger partial charge in [-0.2, -0.15) is 0 Å². The van der Waals surface area contributed by atoms with Gasteiger partial charge in [0.05, 0.1) is 4.90 Å². The molecule has 16 heavy (non-hydrogen) atoms. The van der Waals surface area contributed by atoms with Gasteiger partial charge in [0.25, 0.3) is 0 Å². The molecule has 0 aliphatic carbocycles. The Morgan fingerprint density at radius 1 is 1.38 bits per heavy atom. The topological polar surface area (TPSA) is 43.8 Å². The van der Waals surface area contributed by atoms with Crippen molar-refractivity contribution in [1.82, 2.24) is 9.55 Å². The molecule has 0 saturated heterocycles. The minimum Gasteiger partial charge on any atom is -0.398 e. The Balaban J connectivity index is 2.42. The highest BCUT2D eigenvalue weighted by atomic mass is 32.2. The SMILES string of the molecule is Cn1ccnc1Sc1c(N)ccc(F)c1F. The van der Waals surface area contributed by atoms with Gasteiger partial charge in [-0.1, -0.05) is 0 Å². The average Bonchev–Trinajstić information content (AvgIpc) is 2.65. The number of aryl methyl sites for hydroxylation is 1. The van der Waals surface area contributed by atoms with Crippen molar-refractivity contribution in [2.45, 2.75) is 10.1 Å². The first-order valence-electron chi connectivity index (χ1n) is 4.48. The van der Waals surface area contributed by atoms with Gasteiger partial charge >= 0.3 is 0 Å². The minimum absolute atomic E-state index is 0.0642. The van der Waals surface area contributed by atoms with E-state index in [4.69, 9.17) is 5.73 Å². The quantitative estimate of drug-likeness (QED) is 0.821. The van der Waals surface area contributed by atoms with Crippen LogP contribution in [-0.4, -0.2) is 9.55 Å². The third kappa shape index (κ3) is 1.88. The number of anilines is 1. The van der Waals surface area contributed by atoms with Gasteiger partial charge in [-0.05, 0) is 23.9 Å². The van der Waals surface area contributed by atoms with E-state index in [0.717, 1.165) is 17.8 Å². The van der Waals surface area contributed by atoms with Gasteiger partial charge in [-0.3, -0.25) is 0 Å². The summed E-state index contributed by atoms with van der Waals surface area (Å²) < 4.78 is 28.2. The molecule has 2 N–H and O–H groups in total. The van der Waals surface area contributed by atoms with Crippen LogP contribution in [0.5, 0.6) is 0 Å². The summed E-state index contributed by atoms with van der Waals surface area (Å²) in [4.78, 5) is 4.07. The summed E-state index contributed by atoms with van der Waals surface area (Å²) in [5.41, 5.74) is 5.79. The molecule has 6 heteroatoms. The van der Waals surface area contributed by atoms with E-state index in [0.29, 0.717) is 5.16 Å². The third-order valence-corrected chi connectivity index (χ3v) is 3.25. The van der Waals surface area contributed by atoms with Gasteiger partial charge in [0.15, 0.2) is 16.8 Å². The molecular weight excluding hydrogens is 232 g/mol. The van der Waals surface area contributed by atoms with E-state index in [1.807, 2.05) is 0 Å². The Hall–Kier alpha value is -1.56. The van der Waals surface area contributed by atoms with E-state index < -0.39 is 11.6 Å². The lowest BCUT2D eigenvalue weighted by atomic mass is 10.3. The highest BCUT2D eigenvalue weighted by molar-refractivity contribution is 7.99. The molecule has 1 heterocycles. The van der Waals surface area contributed by atoms with Crippen LogP contribution in [0.4, 0.5) is 14.5 Å². The fourth-order valence-electron chi connectivity index (χ4n) is 1.19. The first kappa shape index (κ1) is 10.9. The number of nitrogens with zero attached hydrogens (tertiary/aromatic N) is 2. The first-order valence-corrected chi connectivity index (χ1v) is 5.30. The van der Waals surface area contributed by atoms with Gasteiger partial charge in [0.1, 0.15) is 0 Å². The average molecular weight is 241 g/mol. The number of aromatic nitrogens is 2. The zero-order chi connectivity index (χ0) is 11.7. The fraction of sp³-hybridized carbons (Fsp3) is 0.100. The van der Waals surface area contributed by atoms with Gasteiger partial charge in [0.2, 0.25) is 0 Å². The van der Waals surface area contributed by atoms with Crippen molar-refractivity contribution in [2.24, 2.45) is 7.05 Å². The molecule has 3 nitrogen and oxygen atoms in total. The number of hydrogen-bond donors (Lipinski definition) is 1. The molecule has 2 aromatic rings. The summed E-state index contributed by atoms with van der Waals surface area (Å²) in [5.74, 6) is -1.85. The maximum Gasteiger partial charge on any atom is 0.174 e. The lowest BCUT2D eigenvalue weighted by molar-refractivity contribution is 0.492. The van der Waals surface area contributed by atoms with Crippen LogP contribution in [0.3, 0.4) is 0 Å². The Labute approximate surface area is 95.3 Å². The van der Waals surface area contributed by atoms with Crippen molar-refractivity contribution >= 4 is 17.4 Å². The number of benzene rings is 1. The van der Waals surface area contributed by atoms with Crippen LogP contribution in [0.2, 0.25) is 0 Å². The maximum absolute atomic E-state index is 13.5. The summed E-state index contributed by atoms with van der Waals surface area (Å²) in [6.07, 6.45) is 3.30. The van der Waals surface area contributed by atoms with E-state index in [1.54, 1.807) is 24.0 Å². The first-order chi connectivity index (χ1) is 7.59. The van der Waals surface area contributed by atoms with Crippen LogP contribution in [0.25, 0.3) is 0 Å². The van der Waals surface area contributed by atoms with E-state index in [1.165, 1.54) is 6.07 Å². The molecule has 0 saturated carbocycles. The van der Waals surface area contributed by atoms with Gasteiger partial charge in [-0.25, -0.2) is 13.8 Å². The van der Waals surface area contributed by atoms with Crippen molar-refractivity contribution in [1.29, 1.82) is 0 Å². The minimum atomic E-state index is -0.937. The van der Waals surface area contributed by atoms with Crippen molar-refractivity contribution in [2.75, 3.05) is 5.73 Å². The molecular formula is C10H9F2N3S. The van der Waals surface area contributed by atoms with E-state index in [-0.39, 0.29) is 10.6 Å². The van der Waals surface area contributed by atoms with Crippen LogP contribution in [0.15, 0.2) is 34.6 Å². The molecule has 2 rings (SSSR count). The van der Waals surface area contributed by atoms with Crippen LogP contribution in [0.1, 0.15) is 0 Å². The highest BCUT2D eigenvalue weighted by Crippen LogP contribution is 2.33. The number of nitrogen functional groups attached to an aromatic ring is 1. The normalized spacial score (nSPS) is 10.7. The molecule has 0 amide bonds. The van der Waals surface area contributed by atoms with Gasteiger partial charge < -0.3 is 10.3 Å². The Kier molecular flexibility index (Phi) is 2.82. The second kappa shape index (κ2) is 4.13. The third-order valence-electron chi connectivity index (χ3n) is 2.05. The highest BCUT2D eigenvalue weighted by Gasteiger charge is 2.14. The molecule has 0 unspecified atom stereocenters. The van der Waals surface area contributed by atoms with Crippen LogP contribution in [-0.2, 0) is 7.05 Å². The van der Waals surface area contributed by atoms with Crippen molar-refractivity contribution in [3.05, 3.63) is 36.2 Å². The largest absolute Gasteiger partial charge is 0.398 e. The molecule has 1 aromatic carbocycles. The second-order valence-electron chi connectivity index (χ2n) is 3.20. The van der Waals surface area contributed by atoms with Gasteiger partial charge in [0, 0.05) is 25.1 Å². The zero-order valence-electron chi connectivity index (χ0n) is 8.45. The summed E-state index contributed by atoms with van der Waals surface area (Å²) in [5, 5.41) is 0.552. The number of imidazole rings is 1. The Morgan fingerprint density at radius 2 is 2.12 bits per heavy atom. The zero-order valence-corrected chi connectivity index (χ0v) is 9.26. The number of rotatable bonds is 2. The maximum atomic E-state index is 13.5. The van der Waals surface area contributed by atoms with E-state index >= 15 is 0 Å². The molecule has 0 aliphatic heterocycles. The summed E-state index contributed by atoms with van der Waals surface area (Å²) >= 11 is 1.00. The number of halogens is 2. The van der Waals surface area contributed by atoms with Crippen LogP contribution in [0, 0.1) is 11.6 Å². The summed E-state index contributed by atoms with van der Waals surface area (Å²) in [7, 11) is 1.77. The summed E-state index contributed by atoms with van der Waals surface area (Å²) in [6.45, 7) is 0. The fourth-order valence-corrected chi connectivity index (χ4v) is 2.07. The Morgan fingerprint density at radius 3 is 2.75 bits per heavy atom. The predicted octanol–water partition coefficient (Wildman–Crippen LogP) is 2.43.